The van der Waals surface area contributed by atoms with Crippen molar-refractivity contribution in [2.75, 3.05) is 23.0 Å². The fourth-order valence-electron chi connectivity index (χ4n) is 3.98. The molecule has 0 saturated carbocycles. The van der Waals surface area contributed by atoms with Crippen molar-refractivity contribution in [2.24, 2.45) is 0 Å². The fourth-order valence-corrected chi connectivity index (χ4v) is 4.68. The summed E-state index contributed by atoms with van der Waals surface area (Å²) in [4.78, 5) is 39.6. The number of carbonyl (C=O) groups excluding carboxylic acids is 3. The van der Waals surface area contributed by atoms with E-state index in [2.05, 4.69) is 16.0 Å². The van der Waals surface area contributed by atoms with Crippen LogP contribution in [0.5, 0.6) is 5.75 Å². The van der Waals surface area contributed by atoms with E-state index in [4.69, 9.17) is 4.74 Å². The summed E-state index contributed by atoms with van der Waals surface area (Å²) in [6, 6.07) is 29.0. The topological polar surface area (TPSA) is 96.5 Å². The molecule has 42 heavy (non-hydrogen) atoms. The van der Waals surface area contributed by atoms with Gasteiger partial charge in [-0.2, -0.15) is 0 Å². The summed E-state index contributed by atoms with van der Waals surface area (Å²) >= 11 is 1.40. The van der Waals surface area contributed by atoms with Crippen LogP contribution in [0, 0.1) is 13.8 Å². The lowest BCUT2D eigenvalue weighted by Gasteiger charge is -2.13. The molecule has 0 fully saturated rings. The highest BCUT2D eigenvalue weighted by atomic mass is 32.2. The third-order valence-electron chi connectivity index (χ3n) is 6.32. The first-order valence-electron chi connectivity index (χ1n) is 13.5. The standard InChI is InChI=1S/C34H33N3O4S/c1-4-41-31-13-9-8-12-26(31)21-30(37-33(39)25-10-6-5-7-11-25)34(40)36-27-16-18-29(19-17-27)42-22-32(38)35-28-15-14-23(2)24(3)20-28/h5-21H,4,22H2,1-3H3,(H,35,38)(H,36,40)(H,37,39)/b30-21-. The van der Waals surface area contributed by atoms with Crippen molar-refractivity contribution in [3.05, 3.63) is 125 Å². The average Bonchev–Trinajstić information content (AvgIpc) is 3.00. The molecule has 4 aromatic carbocycles. The van der Waals surface area contributed by atoms with E-state index < -0.39 is 11.8 Å². The van der Waals surface area contributed by atoms with Crippen LogP contribution in [0.25, 0.3) is 6.08 Å². The van der Waals surface area contributed by atoms with Crippen LogP contribution in [-0.4, -0.2) is 30.1 Å². The van der Waals surface area contributed by atoms with Gasteiger partial charge in [-0.1, -0.05) is 42.5 Å². The van der Waals surface area contributed by atoms with E-state index in [1.807, 2.05) is 81.4 Å². The molecule has 0 atom stereocenters. The molecule has 214 valence electrons. The zero-order valence-electron chi connectivity index (χ0n) is 23.8. The largest absolute Gasteiger partial charge is 0.493 e. The Morgan fingerprint density at radius 1 is 0.786 bits per heavy atom. The van der Waals surface area contributed by atoms with E-state index >= 15 is 0 Å². The van der Waals surface area contributed by atoms with Crippen molar-refractivity contribution in [2.45, 2.75) is 25.7 Å². The van der Waals surface area contributed by atoms with E-state index in [1.54, 1.807) is 42.5 Å². The van der Waals surface area contributed by atoms with Gasteiger partial charge in [-0.25, -0.2) is 0 Å². The van der Waals surface area contributed by atoms with Gasteiger partial charge in [-0.05, 0) is 92.6 Å². The number of anilines is 2. The van der Waals surface area contributed by atoms with Crippen LogP contribution in [0.2, 0.25) is 0 Å². The van der Waals surface area contributed by atoms with Crippen molar-refractivity contribution in [1.82, 2.24) is 5.32 Å². The monoisotopic (exact) mass is 579 g/mol. The Kier molecular flexibility index (Phi) is 10.6. The second-order valence-corrected chi connectivity index (χ2v) is 10.5. The third kappa shape index (κ3) is 8.59. The van der Waals surface area contributed by atoms with Gasteiger partial charge in [0.1, 0.15) is 11.4 Å². The molecule has 0 aliphatic rings. The Bertz CT molecular complexity index is 1580. The minimum absolute atomic E-state index is 0.0671. The summed E-state index contributed by atoms with van der Waals surface area (Å²) < 4.78 is 5.70. The molecule has 0 saturated heterocycles. The Labute approximate surface area is 250 Å². The van der Waals surface area contributed by atoms with Crippen LogP contribution in [0.1, 0.15) is 34.0 Å². The second kappa shape index (κ2) is 14.7. The molecule has 0 unspecified atom stereocenters. The zero-order valence-corrected chi connectivity index (χ0v) is 24.6. The summed E-state index contributed by atoms with van der Waals surface area (Å²) in [6.07, 6.45) is 1.60. The highest BCUT2D eigenvalue weighted by Crippen LogP contribution is 2.23. The molecule has 4 aromatic rings. The van der Waals surface area contributed by atoms with Crippen molar-refractivity contribution in [3.63, 3.8) is 0 Å². The zero-order chi connectivity index (χ0) is 29.9. The Balaban J connectivity index is 1.43. The number of rotatable bonds is 11. The number of hydrogen-bond donors (Lipinski definition) is 3. The van der Waals surface area contributed by atoms with Crippen LogP contribution < -0.4 is 20.7 Å². The third-order valence-corrected chi connectivity index (χ3v) is 7.33. The number of nitrogens with one attached hydrogen (secondary N) is 3. The SMILES string of the molecule is CCOc1ccccc1/C=C(\NC(=O)c1ccccc1)C(=O)Nc1ccc(SCC(=O)Nc2ccc(C)c(C)c2)cc1. The van der Waals surface area contributed by atoms with Gasteiger partial charge in [0.15, 0.2) is 0 Å². The first-order chi connectivity index (χ1) is 20.3. The molecule has 7 nitrogen and oxygen atoms in total. The molecule has 8 heteroatoms. The van der Waals surface area contributed by atoms with E-state index in [-0.39, 0.29) is 17.4 Å². The van der Waals surface area contributed by atoms with Crippen LogP contribution in [0.3, 0.4) is 0 Å². The van der Waals surface area contributed by atoms with Gasteiger partial charge in [-0.3, -0.25) is 14.4 Å². The Morgan fingerprint density at radius 3 is 2.19 bits per heavy atom. The lowest BCUT2D eigenvalue weighted by atomic mass is 10.1. The molecule has 0 spiro atoms. The predicted octanol–water partition coefficient (Wildman–Crippen LogP) is 6.84. The molecular weight excluding hydrogens is 546 g/mol. The van der Waals surface area contributed by atoms with E-state index in [0.29, 0.717) is 29.2 Å². The first kappa shape index (κ1) is 30.1. The molecule has 0 aromatic heterocycles. The smallest absolute Gasteiger partial charge is 0.272 e. The fraction of sp³-hybridized carbons (Fsp3) is 0.147. The van der Waals surface area contributed by atoms with Crippen molar-refractivity contribution in [3.8, 4) is 5.75 Å². The lowest BCUT2D eigenvalue weighted by Crippen LogP contribution is -2.30. The maximum Gasteiger partial charge on any atom is 0.272 e. The Hall–Kier alpha value is -4.82. The highest BCUT2D eigenvalue weighted by Gasteiger charge is 2.16. The molecule has 0 aliphatic heterocycles. The predicted molar refractivity (Wildman–Crippen MR) is 170 cm³/mol. The van der Waals surface area contributed by atoms with Crippen LogP contribution in [-0.2, 0) is 9.59 Å². The van der Waals surface area contributed by atoms with Gasteiger partial charge < -0.3 is 20.7 Å². The van der Waals surface area contributed by atoms with Crippen molar-refractivity contribution < 1.29 is 19.1 Å². The van der Waals surface area contributed by atoms with Gasteiger partial charge in [0.25, 0.3) is 11.8 Å². The van der Waals surface area contributed by atoms with E-state index in [0.717, 1.165) is 16.1 Å². The van der Waals surface area contributed by atoms with Gasteiger partial charge in [-0.15, -0.1) is 11.8 Å². The molecule has 0 aliphatic carbocycles. The lowest BCUT2D eigenvalue weighted by molar-refractivity contribution is -0.114. The molecule has 4 rings (SSSR count). The normalized spacial score (nSPS) is 11.0. The summed E-state index contributed by atoms with van der Waals surface area (Å²) in [7, 11) is 0. The minimum Gasteiger partial charge on any atom is -0.493 e. The van der Waals surface area contributed by atoms with Gasteiger partial charge in [0.2, 0.25) is 5.91 Å². The van der Waals surface area contributed by atoms with Crippen molar-refractivity contribution in [1.29, 1.82) is 0 Å². The number of benzene rings is 4. The maximum atomic E-state index is 13.4. The number of hydrogen-bond acceptors (Lipinski definition) is 5. The number of amides is 3. The number of carbonyl (C=O) groups is 3. The molecular formula is C34H33N3O4S. The van der Waals surface area contributed by atoms with Gasteiger partial charge in [0.05, 0.1) is 12.4 Å². The summed E-state index contributed by atoms with van der Waals surface area (Å²) in [5.74, 6) is -0.148. The molecule has 0 radical (unpaired) electrons. The van der Waals surface area contributed by atoms with Crippen LogP contribution >= 0.6 is 11.8 Å². The first-order valence-corrected chi connectivity index (χ1v) is 14.5. The summed E-state index contributed by atoms with van der Waals surface area (Å²) in [5, 5.41) is 8.52. The number of para-hydroxylation sites is 1. The minimum atomic E-state index is -0.487. The van der Waals surface area contributed by atoms with E-state index in [1.165, 1.54) is 17.3 Å². The maximum absolute atomic E-state index is 13.4. The van der Waals surface area contributed by atoms with E-state index in [9.17, 15) is 14.4 Å². The molecule has 0 bridgehead atoms. The second-order valence-electron chi connectivity index (χ2n) is 9.46. The summed E-state index contributed by atoms with van der Waals surface area (Å²) in [5.41, 5.74) is 4.76. The molecule has 0 heterocycles. The van der Waals surface area contributed by atoms with Crippen LogP contribution in [0.15, 0.2) is 108 Å². The number of ether oxygens (including phenoxy) is 1. The number of thioether (sulfide) groups is 1. The summed E-state index contributed by atoms with van der Waals surface area (Å²) in [6.45, 7) is 6.38. The number of aryl methyl sites for hydroxylation is 2. The van der Waals surface area contributed by atoms with Crippen molar-refractivity contribution >= 4 is 46.9 Å². The highest BCUT2D eigenvalue weighted by molar-refractivity contribution is 8.00. The Morgan fingerprint density at radius 2 is 1.48 bits per heavy atom. The average molecular weight is 580 g/mol. The molecule has 3 N–H and O–H groups in total. The van der Waals surface area contributed by atoms with Gasteiger partial charge >= 0.3 is 0 Å². The quantitative estimate of drug-likeness (QED) is 0.134. The van der Waals surface area contributed by atoms with Gasteiger partial charge in [0, 0.05) is 27.4 Å². The van der Waals surface area contributed by atoms with Crippen LogP contribution in [0.4, 0.5) is 11.4 Å². The molecule has 3 amide bonds.